The van der Waals surface area contributed by atoms with E-state index in [2.05, 4.69) is 10.4 Å². The van der Waals surface area contributed by atoms with Crippen LogP contribution in [0.2, 0.25) is 5.02 Å². The highest BCUT2D eigenvalue weighted by Crippen LogP contribution is 2.23. The van der Waals surface area contributed by atoms with Crippen molar-refractivity contribution in [1.82, 2.24) is 15.1 Å². The van der Waals surface area contributed by atoms with Gasteiger partial charge in [0.05, 0.1) is 11.5 Å². The molecule has 0 saturated heterocycles. The number of nitrogens with zero attached hydrogens (tertiary/aromatic N) is 3. The number of halogens is 1. The molecule has 0 radical (unpaired) electrons. The zero-order valence-corrected chi connectivity index (χ0v) is 15.7. The summed E-state index contributed by atoms with van der Waals surface area (Å²) in [5.41, 5.74) is 0.800. The minimum atomic E-state index is -0.528. The van der Waals surface area contributed by atoms with Crippen molar-refractivity contribution < 1.29 is 18.9 Å². The van der Waals surface area contributed by atoms with Gasteiger partial charge in [-0.1, -0.05) is 11.6 Å². The lowest BCUT2D eigenvalue weighted by molar-refractivity contribution is -0.385. The average Bonchev–Trinajstić information content (AvgIpc) is 3.30. The Kier molecular flexibility index (Phi) is 5.95. The first-order chi connectivity index (χ1) is 13.4. The second-order valence-corrected chi connectivity index (χ2v) is 6.38. The Bertz CT molecular complexity index is 998. The van der Waals surface area contributed by atoms with Crippen LogP contribution in [0.4, 0.5) is 5.69 Å². The van der Waals surface area contributed by atoms with Crippen LogP contribution in [0.1, 0.15) is 21.9 Å². The summed E-state index contributed by atoms with van der Waals surface area (Å²) < 4.78 is 12.6. The summed E-state index contributed by atoms with van der Waals surface area (Å²) in [6.45, 7) is 2.60. The molecule has 3 aromatic rings. The third kappa shape index (κ3) is 4.89. The molecule has 10 heteroatoms. The molecule has 0 aliphatic carbocycles. The number of ether oxygens (including phenoxy) is 1. The quantitative estimate of drug-likeness (QED) is 0.455. The molecule has 9 nitrogen and oxygen atoms in total. The monoisotopic (exact) mass is 404 g/mol. The van der Waals surface area contributed by atoms with E-state index in [0.717, 1.165) is 11.8 Å². The van der Waals surface area contributed by atoms with Crippen LogP contribution in [0.5, 0.6) is 5.75 Å². The predicted molar refractivity (Wildman–Crippen MR) is 100 cm³/mol. The largest absolute Gasteiger partial charge is 0.485 e. The highest BCUT2D eigenvalue weighted by atomic mass is 35.5. The summed E-state index contributed by atoms with van der Waals surface area (Å²) in [4.78, 5) is 22.2. The molecular weight excluding hydrogens is 388 g/mol. The minimum Gasteiger partial charge on any atom is -0.485 e. The van der Waals surface area contributed by atoms with E-state index < -0.39 is 10.8 Å². The minimum absolute atomic E-state index is 0.0991. The van der Waals surface area contributed by atoms with E-state index in [-0.39, 0.29) is 24.6 Å². The molecule has 2 aromatic heterocycles. The first-order valence-electron chi connectivity index (χ1n) is 8.35. The summed E-state index contributed by atoms with van der Waals surface area (Å²) in [7, 11) is 0. The van der Waals surface area contributed by atoms with Gasteiger partial charge in [-0.25, -0.2) is 0 Å². The van der Waals surface area contributed by atoms with E-state index in [1.807, 2.05) is 6.92 Å². The van der Waals surface area contributed by atoms with Crippen LogP contribution in [0.25, 0.3) is 0 Å². The maximum Gasteiger partial charge on any atom is 0.306 e. The van der Waals surface area contributed by atoms with Gasteiger partial charge in [0.2, 0.25) is 0 Å². The molecule has 1 amide bonds. The number of hydrogen-bond acceptors (Lipinski definition) is 6. The van der Waals surface area contributed by atoms with Crippen molar-refractivity contribution in [2.24, 2.45) is 0 Å². The normalized spacial score (nSPS) is 10.6. The zero-order chi connectivity index (χ0) is 20.1. The zero-order valence-electron chi connectivity index (χ0n) is 14.9. The van der Waals surface area contributed by atoms with E-state index in [4.69, 9.17) is 20.8 Å². The van der Waals surface area contributed by atoms with Crippen LogP contribution in [0.3, 0.4) is 0 Å². The number of carbonyl (C=O) groups is 1. The van der Waals surface area contributed by atoms with Gasteiger partial charge in [-0.05, 0) is 42.8 Å². The summed E-state index contributed by atoms with van der Waals surface area (Å²) >= 11 is 5.91. The fourth-order valence-electron chi connectivity index (χ4n) is 2.44. The number of rotatable bonds is 8. The van der Waals surface area contributed by atoms with Crippen LogP contribution in [-0.2, 0) is 13.2 Å². The standard InChI is InChI=1S/C18H17ClN4O5/c1-12-8-13(19)2-4-16(12)27-11-15-3-5-17(28-15)18(24)20-6-7-22-10-14(9-21-22)23(25)26/h2-5,8-10H,6-7,11H2,1H3,(H,20,24). The van der Waals surface area contributed by atoms with Crippen LogP contribution in [0.15, 0.2) is 47.1 Å². The summed E-state index contributed by atoms with van der Waals surface area (Å²) in [6.07, 6.45) is 2.45. The molecule has 146 valence electrons. The molecule has 0 spiro atoms. The Morgan fingerprint density at radius 3 is 2.93 bits per heavy atom. The van der Waals surface area contributed by atoms with Crippen molar-refractivity contribution in [2.75, 3.05) is 6.54 Å². The molecule has 0 bridgehead atoms. The first-order valence-corrected chi connectivity index (χ1v) is 8.73. The molecule has 1 N–H and O–H groups in total. The van der Waals surface area contributed by atoms with Crippen LogP contribution in [0, 0.1) is 17.0 Å². The number of nitro groups is 1. The van der Waals surface area contributed by atoms with Crippen molar-refractivity contribution in [2.45, 2.75) is 20.1 Å². The second-order valence-electron chi connectivity index (χ2n) is 5.94. The number of furan rings is 1. The number of aryl methyl sites for hydroxylation is 1. The second kappa shape index (κ2) is 8.57. The molecular formula is C18H17ClN4O5. The maximum absolute atomic E-state index is 12.1. The molecule has 0 unspecified atom stereocenters. The van der Waals surface area contributed by atoms with E-state index in [0.29, 0.717) is 23.1 Å². The Labute approximate surface area is 165 Å². The first kappa shape index (κ1) is 19.4. The highest BCUT2D eigenvalue weighted by molar-refractivity contribution is 6.30. The highest BCUT2D eigenvalue weighted by Gasteiger charge is 2.13. The molecule has 0 saturated carbocycles. The fourth-order valence-corrected chi connectivity index (χ4v) is 2.67. The molecule has 2 heterocycles. The Balaban J connectivity index is 1.48. The number of benzene rings is 1. The topological polar surface area (TPSA) is 112 Å². The molecule has 0 fully saturated rings. The molecule has 0 aliphatic rings. The van der Waals surface area contributed by atoms with Gasteiger partial charge in [-0.15, -0.1) is 0 Å². The van der Waals surface area contributed by atoms with Crippen LogP contribution >= 0.6 is 11.6 Å². The van der Waals surface area contributed by atoms with Gasteiger partial charge in [-0.3, -0.25) is 19.6 Å². The van der Waals surface area contributed by atoms with E-state index in [9.17, 15) is 14.9 Å². The van der Waals surface area contributed by atoms with Crippen molar-refractivity contribution in [3.63, 3.8) is 0 Å². The average molecular weight is 405 g/mol. The number of nitrogens with one attached hydrogen (secondary N) is 1. The van der Waals surface area contributed by atoms with Gasteiger partial charge < -0.3 is 14.5 Å². The van der Waals surface area contributed by atoms with E-state index >= 15 is 0 Å². The smallest absolute Gasteiger partial charge is 0.306 e. The summed E-state index contributed by atoms with van der Waals surface area (Å²) in [6, 6.07) is 8.53. The van der Waals surface area contributed by atoms with Gasteiger partial charge in [0.15, 0.2) is 5.76 Å². The van der Waals surface area contributed by atoms with Crippen LogP contribution in [-0.4, -0.2) is 27.2 Å². The number of carbonyl (C=O) groups excluding carboxylic acids is 1. The SMILES string of the molecule is Cc1cc(Cl)ccc1OCc1ccc(C(=O)NCCn2cc([N+](=O)[O-])cn2)o1. The molecule has 0 aliphatic heterocycles. The molecule has 28 heavy (non-hydrogen) atoms. The lowest BCUT2D eigenvalue weighted by Crippen LogP contribution is -2.27. The Hall–Kier alpha value is -3.33. The predicted octanol–water partition coefficient (Wildman–Crippen LogP) is 3.36. The summed E-state index contributed by atoms with van der Waals surface area (Å²) in [5, 5.41) is 17.8. The number of hydrogen-bond donors (Lipinski definition) is 1. The van der Waals surface area contributed by atoms with Crippen molar-refractivity contribution in [3.05, 3.63) is 74.9 Å². The molecule has 3 rings (SSSR count). The van der Waals surface area contributed by atoms with Gasteiger partial charge in [0.1, 0.15) is 30.5 Å². The Morgan fingerprint density at radius 2 is 2.21 bits per heavy atom. The van der Waals surface area contributed by atoms with Gasteiger partial charge in [0.25, 0.3) is 5.91 Å². The maximum atomic E-state index is 12.1. The third-order valence-corrected chi connectivity index (χ3v) is 4.08. The van der Waals surface area contributed by atoms with E-state index in [1.54, 1.807) is 30.3 Å². The molecule has 0 atom stereocenters. The fraction of sp³-hybridized carbons (Fsp3) is 0.222. The third-order valence-electron chi connectivity index (χ3n) is 3.85. The van der Waals surface area contributed by atoms with Crippen LogP contribution < -0.4 is 10.1 Å². The van der Waals surface area contributed by atoms with Crippen molar-refractivity contribution in [3.8, 4) is 5.75 Å². The van der Waals surface area contributed by atoms with Crippen molar-refractivity contribution in [1.29, 1.82) is 0 Å². The van der Waals surface area contributed by atoms with Gasteiger partial charge in [0, 0.05) is 11.6 Å². The number of aromatic nitrogens is 2. The lowest BCUT2D eigenvalue weighted by atomic mass is 10.2. The summed E-state index contributed by atoms with van der Waals surface area (Å²) in [5.74, 6) is 0.941. The Morgan fingerprint density at radius 1 is 1.39 bits per heavy atom. The van der Waals surface area contributed by atoms with E-state index in [1.165, 1.54) is 10.9 Å². The van der Waals surface area contributed by atoms with Gasteiger partial charge in [-0.2, -0.15) is 5.10 Å². The van der Waals surface area contributed by atoms with Gasteiger partial charge >= 0.3 is 5.69 Å². The number of amides is 1. The van der Waals surface area contributed by atoms with Crippen molar-refractivity contribution >= 4 is 23.2 Å². The lowest BCUT2D eigenvalue weighted by Gasteiger charge is -2.07. The molecule has 1 aromatic carbocycles.